The van der Waals surface area contributed by atoms with Crippen molar-refractivity contribution in [2.24, 2.45) is 0 Å². The largest absolute Gasteiger partial charge is 0.493 e. The maximum Gasteiger partial charge on any atom is 0.290 e. The van der Waals surface area contributed by atoms with Gasteiger partial charge in [0.1, 0.15) is 0 Å². The molecule has 0 aliphatic heterocycles. The number of aromatic amines is 1. The Bertz CT molecular complexity index is 765. The van der Waals surface area contributed by atoms with Crippen LogP contribution in [-0.2, 0) is 0 Å². The fourth-order valence-corrected chi connectivity index (χ4v) is 2.35. The number of rotatable bonds is 7. The molecule has 2 aromatic rings. The average molecular weight is 328 g/mol. The van der Waals surface area contributed by atoms with Gasteiger partial charge in [0.2, 0.25) is 0 Å². The number of ether oxygens (including phenoxy) is 2. The molecular formula is C17H20N4O3. The van der Waals surface area contributed by atoms with E-state index in [4.69, 9.17) is 9.47 Å². The number of hydrogen-bond acceptors (Lipinski definition) is 5. The van der Waals surface area contributed by atoms with E-state index in [-0.39, 0.29) is 5.91 Å². The van der Waals surface area contributed by atoms with Gasteiger partial charge < -0.3 is 9.47 Å². The summed E-state index contributed by atoms with van der Waals surface area (Å²) in [5, 5.41) is 6.94. The van der Waals surface area contributed by atoms with Crippen molar-refractivity contribution in [1.29, 1.82) is 0 Å². The van der Waals surface area contributed by atoms with Gasteiger partial charge in [-0.05, 0) is 37.1 Å². The monoisotopic (exact) mass is 328 g/mol. The lowest BCUT2D eigenvalue weighted by Crippen LogP contribution is -2.36. The maximum atomic E-state index is 12.1. The minimum atomic E-state index is -0.320. The zero-order chi connectivity index (χ0) is 17.1. The molecule has 1 aliphatic carbocycles. The van der Waals surface area contributed by atoms with Gasteiger partial charge in [-0.25, -0.2) is 0 Å². The first-order valence-electron chi connectivity index (χ1n) is 7.65. The van der Waals surface area contributed by atoms with Crippen molar-refractivity contribution in [2.75, 3.05) is 14.2 Å². The van der Waals surface area contributed by atoms with Gasteiger partial charge >= 0.3 is 0 Å². The first-order chi connectivity index (χ1) is 11.6. The van der Waals surface area contributed by atoms with Crippen LogP contribution in [0.1, 0.15) is 40.5 Å². The van der Waals surface area contributed by atoms with Gasteiger partial charge in [-0.2, -0.15) is 5.10 Å². The lowest BCUT2D eigenvalue weighted by molar-refractivity contribution is 0.0937. The Morgan fingerprint density at radius 3 is 2.62 bits per heavy atom. The second-order valence-corrected chi connectivity index (χ2v) is 5.61. The molecule has 0 spiro atoms. The van der Waals surface area contributed by atoms with E-state index in [0.29, 0.717) is 28.8 Å². The maximum absolute atomic E-state index is 12.1. The Morgan fingerprint density at radius 2 is 1.96 bits per heavy atom. The highest BCUT2D eigenvalue weighted by Gasteiger charge is 2.26. The van der Waals surface area contributed by atoms with Crippen LogP contribution in [0.5, 0.6) is 11.5 Å². The van der Waals surface area contributed by atoms with Gasteiger partial charge in [0, 0.05) is 17.2 Å². The molecule has 7 heteroatoms. The zero-order valence-electron chi connectivity index (χ0n) is 13.7. The van der Waals surface area contributed by atoms with E-state index >= 15 is 0 Å². The summed E-state index contributed by atoms with van der Waals surface area (Å²) in [7, 11) is 3.14. The van der Waals surface area contributed by atoms with E-state index in [1.54, 1.807) is 32.4 Å². The number of nitrogens with one attached hydrogen (secondary N) is 3. The number of H-pyrrole nitrogens is 1. The molecule has 0 saturated heterocycles. The minimum absolute atomic E-state index is 0.320. The lowest BCUT2D eigenvalue weighted by Gasteiger charge is -2.13. The summed E-state index contributed by atoms with van der Waals surface area (Å²) >= 11 is 0. The third-order valence-electron chi connectivity index (χ3n) is 3.91. The van der Waals surface area contributed by atoms with Crippen LogP contribution < -0.4 is 20.3 Å². The summed E-state index contributed by atoms with van der Waals surface area (Å²) in [4.78, 5) is 12.1. The molecule has 1 amide bonds. The Morgan fingerprint density at radius 1 is 1.21 bits per heavy atom. The number of hydrogen-bond donors (Lipinski definition) is 3. The molecule has 1 aromatic heterocycles. The van der Waals surface area contributed by atoms with Crippen molar-refractivity contribution in [3.8, 4) is 11.5 Å². The van der Waals surface area contributed by atoms with Gasteiger partial charge in [-0.1, -0.05) is 6.58 Å². The molecule has 24 heavy (non-hydrogen) atoms. The topological polar surface area (TPSA) is 88.3 Å². The van der Waals surface area contributed by atoms with E-state index < -0.39 is 0 Å². The Kier molecular flexibility index (Phi) is 4.41. The van der Waals surface area contributed by atoms with E-state index in [1.807, 2.05) is 6.07 Å². The molecule has 126 valence electrons. The summed E-state index contributed by atoms with van der Waals surface area (Å²) in [6.07, 6.45) is 2.30. The van der Waals surface area contributed by atoms with E-state index in [0.717, 1.165) is 24.1 Å². The third kappa shape index (κ3) is 3.34. The predicted octanol–water partition coefficient (Wildman–Crippen LogP) is 2.21. The molecule has 1 saturated carbocycles. The van der Waals surface area contributed by atoms with E-state index in [1.165, 1.54) is 0 Å². The molecule has 1 heterocycles. The number of carbonyl (C=O) groups is 1. The molecule has 3 N–H and O–H groups in total. The second kappa shape index (κ2) is 6.66. The Balaban J connectivity index is 1.60. The molecule has 0 unspecified atom stereocenters. The van der Waals surface area contributed by atoms with Gasteiger partial charge in [-0.3, -0.25) is 20.7 Å². The number of benzene rings is 1. The number of nitrogens with zero attached hydrogens (tertiary/aromatic N) is 1. The van der Waals surface area contributed by atoms with E-state index in [2.05, 4.69) is 27.6 Å². The summed E-state index contributed by atoms with van der Waals surface area (Å²) in [5.74, 6) is 1.42. The molecule has 1 aliphatic rings. The average Bonchev–Trinajstić information content (AvgIpc) is 3.35. The number of amides is 1. The van der Waals surface area contributed by atoms with Crippen LogP contribution >= 0.6 is 0 Å². The summed E-state index contributed by atoms with van der Waals surface area (Å²) < 4.78 is 10.5. The number of carbonyl (C=O) groups excluding carboxylic acids is 1. The fourth-order valence-electron chi connectivity index (χ4n) is 2.35. The molecule has 0 atom stereocenters. The Labute approximate surface area is 140 Å². The summed E-state index contributed by atoms with van der Waals surface area (Å²) in [6.45, 7) is 3.91. The molecule has 0 radical (unpaired) electrons. The quantitative estimate of drug-likeness (QED) is 0.678. The third-order valence-corrected chi connectivity index (χ3v) is 3.91. The first-order valence-corrected chi connectivity index (χ1v) is 7.65. The molecular weight excluding hydrogens is 308 g/mol. The van der Waals surface area contributed by atoms with Gasteiger partial charge in [0.15, 0.2) is 17.2 Å². The van der Waals surface area contributed by atoms with Crippen molar-refractivity contribution in [2.45, 2.75) is 18.8 Å². The van der Waals surface area contributed by atoms with Crippen molar-refractivity contribution in [3.63, 3.8) is 0 Å². The van der Waals surface area contributed by atoms with Crippen molar-refractivity contribution < 1.29 is 14.3 Å². The van der Waals surface area contributed by atoms with Crippen LogP contribution in [0.25, 0.3) is 5.70 Å². The number of hydrazine groups is 1. The smallest absolute Gasteiger partial charge is 0.290 e. The number of aromatic nitrogens is 2. The summed E-state index contributed by atoms with van der Waals surface area (Å²) in [5.41, 5.74) is 8.05. The molecule has 3 rings (SSSR count). The Hall–Kier alpha value is -2.96. The molecule has 0 bridgehead atoms. The van der Waals surface area contributed by atoms with Crippen molar-refractivity contribution >= 4 is 11.6 Å². The lowest BCUT2D eigenvalue weighted by atomic mass is 10.1. The first kappa shape index (κ1) is 15.9. The highest BCUT2D eigenvalue weighted by atomic mass is 16.5. The molecule has 7 nitrogen and oxygen atoms in total. The van der Waals surface area contributed by atoms with Crippen LogP contribution in [0.15, 0.2) is 30.8 Å². The fraction of sp³-hybridized carbons (Fsp3) is 0.294. The van der Waals surface area contributed by atoms with E-state index in [9.17, 15) is 4.79 Å². The van der Waals surface area contributed by atoms with Crippen LogP contribution in [-0.4, -0.2) is 30.3 Å². The van der Waals surface area contributed by atoms with Crippen LogP contribution in [0.4, 0.5) is 0 Å². The van der Waals surface area contributed by atoms with Gasteiger partial charge in [0.05, 0.1) is 19.9 Å². The van der Waals surface area contributed by atoms with Crippen LogP contribution in [0, 0.1) is 0 Å². The standard InChI is InChI=1S/C17H20N4O3/c1-10(12-6-7-15(23-2)16(8-12)24-3)18-21-17(22)14-9-13(19-20-14)11-4-5-11/h6-9,11,18H,1,4-5H2,2-3H3,(H,19,20)(H,21,22). The number of methoxy groups -OCH3 is 2. The highest BCUT2D eigenvalue weighted by Crippen LogP contribution is 2.39. The second-order valence-electron chi connectivity index (χ2n) is 5.61. The van der Waals surface area contributed by atoms with Crippen LogP contribution in [0.2, 0.25) is 0 Å². The molecule has 1 fully saturated rings. The van der Waals surface area contributed by atoms with Crippen LogP contribution in [0.3, 0.4) is 0 Å². The van der Waals surface area contributed by atoms with Crippen molar-refractivity contribution in [1.82, 2.24) is 21.0 Å². The van der Waals surface area contributed by atoms with Gasteiger partial charge in [-0.15, -0.1) is 0 Å². The van der Waals surface area contributed by atoms with Gasteiger partial charge in [0.25, 0.3) is 5.91 Å². The minimum Gasteiger partial charge on any atom is -0.493 e. The van der Waals surface area contributed by atoms with Crippen molar-refractivity contribution in [3.05, 3.63) is 47.8 Å². The predicted molar refractivity (Wildman–Crippen MR) is 89.7 cm³/mol. The normalized spacial score (nSPS) is 13.2. The zero-order valence-corrected chi connectivity index (χ0v) is 13.7. The SMILES string of the molecule is C=C(NNC(=O)c1cc(C2CC2)[nH]n1)c1ccc(OC)c(OC)c1. The summed E-state index contributed by atoms with van der Waals surface area (Å²) in [6, 6.07) is 7.16. The molecule has 1 aromatic carbocycles. The highest BCUT2D eigenvalue weighted by molar-refractivity contribution is 5.92.